The van der Waals surface area contributed by atoms with Crippen LogP contribution in [0.25, 0.3) is 0 Å². The van der Waals surface area contributed by atoms with Crippen LogP contribution >= 0.6 is 23.2 Å². The van der Waals surface area contributed by atoms with E-state index in [1.54, 1.807) is 0 Å². The van der Waals surface area contributed by atoms with Crippen molar-refractivity contribution in [2.75, 3.05) is 0 Å². The van der Waals surface area contributed by atoms with E-state index in [2.05, 4.69) is 30.7 Å². The molecule has 1 aliphatic carbocycles. The molecule has 1 heterocycles. The number of aromatic nitrogens is 2. The summed E-state index contributed by atoms with van der Waals surface area (Å²) < 4.78 is 0. The monoisotopic (exact) mass is 258 g/mol. The average Bonchev–Trinajstić information content (AvgIpc) is 2.15. The number of rotatable bonds is 0. The van der Waals surface area contributed by atoms with E-state index in [-0.39, 0.29) is 5.28 Å². The molecule has 0 bridgehead atoms. The second kappa shape index (κ2) is 4.15. The van der Waals surface area contributed by atoms with E-state index in [4.69, 9.17) is 23.2 Å². The summed E-state index contributed by atoms with van der Waals surface area (Å²) >= 11 is 11.9. The lowest BCUT2D eigenvalue weighted by Gasteiger charge is -2.34. The van der Waals surface area contributed by atoms with Gasteiger partial charge in [0.1, 0.15) is 5.15 Å². The Morgan fingerprint density at radius 1 is 1.19 bits per heavy atom. The van der Waals surface area contributed by atoms with E-state index in [0.717, 1.165) is 30.5 Å². The number of nitrogens with zero attached hydrogens (tertiary/aromatic N) is 2. The molecule has 1 aromatic heterocycles. The van der Waals surface area contributed by atoms with Crippen LogP contribution in [0.1, 0.15) is 38.4 Å². The molecule has 0 aromatic carbocycles. The fraction of sp³-hybridized carbons (Fsp3) is 0.667. The molecule has 0 spiro atoms. The van der Waals surface area contributed by atoms with Crippen molar-refractivity contribution in [2.24, 2.45) is 11.3 Å². The van der Waals surface area contributed by atoms with Gasteiger partial charge in [0.15, 0.2) is 0 Å². The highest BCUT2D eigenvalue weighted by Crippen LogP contribution is 2.38. The molecule has 4 heteroatoms. The highest BCUT2D eigenvalue weighted by molar-refractivity contribution is 6.32. The Labute approximate surface area is 106 Å². The lowest BCUT2D eigenvalue weighted by Crippen LogP contribution is -2.27. The standard InChI is InChI=1S/C12H16Cl2N2/c1-12(2,3)7-4-5-9-8(6-7)10(13)16-11(14)15-9/h7H,4-6H2,1-3H3. The quantitative estimate of drug-likeness (QED) is 0.521. The molecular weight excluding hydrogens is 243 g/mol. The lowest BCUT2D eigenvalue weighted by atomic mass is 9.72. The molecule has 1 aliphatic rings. The molecule has 0 radical (unpaired) electrons. The van der Waals surface area contributed by atoms with Crippen molar-refractivity contribution in [1.29, 1.82) is 0 Å². The van der Waals surface area contributed by atoms with Gasteiger partial charge in [0.25, 0.3) is 0 Å². The summed E-state index contributed by atoms with van der Waals surface area (Å²) in [7, 11) is 0. The zero-order valence-electron chi connectivity index (χ0n) is 9.85. The van der Waals surface area contributed by atoms with E-state index in [9.17, 15) is 0 Å². The molecule has 0 fully saturated rings. The molecule has 2 rings (SSSR count). The summed E-state index contributed by atoms with van der Waals surface area (Å²) in [6.45, 7) is 6.81. The Morgan fingerprint density at radius 2 is 1.88 bits per heavy atom. The van der Waals surface area contributed by atoms with Crippen LogP contribution in [0.4, 0.5) is 0 Å². The van der Waals surface area contributed by atoms with Gasteiger partial charge in [-0.3, -0.25) is 0 Å². The minimum Gasteiger partial charge on any atom is -0.223 e. The first-order chi connectivity index (χ1) is 7.38. The summed E-state index contributed by atoms with van der Waals surface area (Å²) in [6, 6.07) is 0. The van der Waals surface area contributed by atoms with Crippen molar-refractivity contribution in [1.82, 2.24) is 9.97 Å². The second-order valence-electron chi connectivity index (χ2n) is 5.51. The van der Waals surface area contributed by atoms with Gasteiger partial charge in [0.2, 0.25) is 5.28 Å². The summed E-state index contributed by atoms with van der Waals surface area (Å²) in [5.41, 5.74) is 2.43. The van der Waals surface area contributed by atoms with Gasteiger partial charge in [-0.05, 0) is 42.2 Å². The van der Waals surface area contributed by atoms with Crippen molar-refractivity contribution in [3.8, 4) is 0 Å². The third-order valence-electron chi connectivity index (χ3n) is 3.42. The summed E-state index contributed by atoms with van der Waals surface area (Å²) in [5.74, 6) is 0.641. The van der Waals surface area contributed by atoms with E-state index < -0.39 is 0 Å². The molecule has 16 heavy (non-hydrogen) atoms. The van der Waals surface area contributed by atoms with E-state index >= 15 is 0 Å². The number of hydrogen-bond donors (Lipinski definition) is 0. The number of aryl methyl sites for hydroxylation is 1. The first-order valence-electron chi connectivity index (χ1n) is 5.58. The molecule has 88 valence electrons. The number of fused-ring (bicyclic) bond motifs is 1. The highest BCUT2D eigenvalue weighted by atomic mass is 35.5. The van der Waals surface area contributed by atoms with Gasteiger partial charge in [0, 0.05) is 5.56 Å². The average molecular weight is 259 g/mol. The molecule has 0 saturated carbocycles. The van der Waals surface area contributed by atoms with E-state index in [1.807, 2.05) is 0 Å². The zero-order valence-corrected chi connectivity index (χ0v) is 11.4. The van der Waals surface area contributed by atoms with Crippen LogP contribution in [0.2, 0.25) is 10.4 Å². The Morgan fingerprint density at radius 3 is 2.50 bits per heavy atom. The maximum Gasteiger partial charge on any atom is 0.224 e. The lowest BCUT2D eigenvalue weighted by molar-refractivity contribution is 0.214. The van der Waals surface area contributed by atoms with Crippen LogP contribution in [-0.2, 0) is 12.8 Å². The van der Waals surface area contributed by atoms with Gasteiger partial charge >= 0.3 is 0 Å². The minimum absolute atomic E-state index is 0.262. The van der Waals surface area contributed by atoms with E-state index in [0.29, 0.717) is 16.5 Å². The summed E-state index contributed by atoms with van der Waals surface area (Å²) in [6.07, 6.45) is 3.08. The minimum atomic E-state index is 0.262. The van der Waals surface area contributed by atoms with Crippen molar-refractivity contribution >= 4 is 23.2 Å². The van der Waals surface area contributed by atoms with Crippen molar-refractivity contribution < 1.29 is 0 Å². The summed E-state index contributed by atoms with van der Waals surface area (Å²) in [5, 5.41) is 0.793. The Bertz CT molecular complexity index is 410. The van der Waals surface area contributed by atoms with Gasteiger partial charge in [-0.25, -0.2) is 9.97 Å². The maximum atomic E-state index is 6.13. The van der Waals surface area contributed by atoms with Crippen LogP contribution in [-0.4, -0.2) is 9.97 Å². The Hall–Kier alpha value is -0.340. The van der Waals surface area contributed by atoms with Gasteiger partial charge < -0.3 is 0 Å². The van der Waals surface area contributed by atoms with Gasteiger partial charge in [-0.1, -0.05) is 32.4 Å². The van der Waals surface area contributed by atoms with Crippen molar-refractivity contribution in [3.05, 3.63) is 21.7 Å². The topological polar surface area (TPSA) is 25.8 Å². The first-order valence-corrected chi connectivity index (χ1v) is 6.34. The van der Waals surface area contributed by atoms with Crippen LogP contribution < -0.4 is 0 Å². The van der Waals surface area contributed by atoms with Gasteiger partial charge in [-0.15, -0.1) is 0 Å². The molecule has 0 amide bonds. The summed E-state index contributed by atoms with van der Waals surface area (Å²) in [4.78, 5) is 8.28. The van der Waals surface area contributed by atoms with E-state index in [1.165, 1.54) is 0 Å². The number of halogens is 2. The second-order valence-corrected chi connectivity index (χ2v) is 6.21. The fourth-order valence-corrected chi connectivity index (χ4v) is 2.77. The highest BCUT2D eigenvalue weighted by Gasteiger charge is 2.30. The number of hydrogen-bond acceptors (Lipinski definition) is 2. The van der Waals surface area contributed by atoms with Crippen LogP contribution in [0, 0.1) is 11.3 Å². The molecule has 0 aliphatic heterocycles. The molecule has 2 nitrogen and oxygen atoms in total. The third-order valence-corrected chi connectivity index (χ3v) is 3.90. The third kappa shape index (κ3) is 2.33. The normalized spacial score (nSPS) is 20.7. The molecule has 1 unspecified atom stereocenters. The fourth-order valence-electron chi connectivity index (χ4n) is 2.28. The van der Waals surface area contributed by atoms with Crippen LogP contribution in [0.5, 0.6) is 0 Å². The molecule has 1 atom stereocenters. The smallest absolute Gasteiger partial charge is 0.223 e. The maximum absolute atomic E-state index is 6.13. The molecular formula is C12H16Cl2N2. The molecule has 1 aromatic rings. The Kier molecular flexibility index (Phi) is 3.15. The first kappa shape index (κ1) is 12.1. The Balaban J connectivity index is 2.34. The van der Waals surface area contributed by atoms with Crippen molar-refractivity contribution in [3.63, 3.8) is 0 Å². The molecule has 0 N–H and O–H groups in total. The molecule has 0 saturated heterocycles. The largest absolute Gasteiger partial charge is 0.224 e. The van der Waals surface area contributed by atoms with Crippen LogP contribution in [0.3, 0.4) is 0 Å². The van der Waals surface area contributed by atoms with Gasteiger partial charge in [0.05, 0.1) is 5.69 Å². The van der Waals surface area contributed by atoms with Crippen molar-refractivity contribution in [2.45, 2.75) is 40.0 Å². The predicted molar refractivity (Wildman–Crippen MR) is 67.0 cm³/mol. The zero-order chi connectivity index (χ0) is 11.9. The SMILES string of the molecule is CC(C)(C)C1CCc2nc(Cl)nc(Cl)c2C1. The van der Waals surface area contributed by atoms with Gasteiger partial charge in [-0.2, -0.15) is 0 Å². The predicted octanol–water partition coefficient (Wildman–Crippen LogP) is 3.93. The van der Waals surface area contributed by atoms with Crippen LogP contribution in [0.15, 0.2) is 0 Å².